The fraction of sp³-hybridized carbons (Fsp3) is 0.200. The highest BCUT2D eigenvalue weighted by Gasteiger charge is 2.10. The lowest BCUT2D eigenvalue weighted by atomic mass is 10.1. The van der Waals surface area contributed by atoms with Crippen molar-refractivity contribution >= 4 is 28.0 Å². The average Bonchev–Trinajstić information content (AvgIpc) is 2.17. The minimum Gasteiger partial charge on any atom is -0.298 e. The van der Waals surface area contributed by atoms with Gasteiger partial charge in [0.25, 0.3) is 0 Å². The van der Waals surface area contributed by atoms with Gasteiger partial charge in [-0.15, -0.1) is 0 Å². The van der Waals surface area contributed by atoms with Gasteiger partial charge in [0.1, 0.15) is 6.29 Å². The Bertz CT molecular complexity index is 314. The number of alkyl halides is 1. The van der Waals surface area contributed by atoms with E-state index >= 15 is 0 Å². The van der Waals surface area contributed by atoms with Gasteiger partial charge in [0.2, 0.25) is 0 Å². The highest BCUT2D eigenvalue weighted by Crippen LogP contribution is 2.10. The van der Waals surface area contributed by atoms with Crippen LogP contribution >= 0.6 is 15.9 Å². The van der Waals surface area contributed by atoms with Crippen LogP contribution in [-0.4, -0.2) is 16.9 Å². The van der Waals surface area contributed by atoms with Crippen molar-refractivity contribution < 1.29 is 9.59 Å². The van der Waals surface area contributed by atoms with E-state index in [1.54, 1.807) is 31.2 Å². The summed E-state index contributed by atoms with van der Waals surface area (Å²) < 4.78 is 0. The molecule has 2 nitrogen and oxygen atoms in total. The van der Waals surface area contributed by atoms with E-state index in [1.165, 1.54) is 0 Å². The highest BCUT2D eigenvalue weighted by atomic mass is 79.9. The average molecular weight is 241 g/mol. The van der Waals surface area contributed by atoms with Gasteiger partial charge >= 0.3 is 0 Å². The number of benzene rings is 1. The lowest BCUT2D eigenvalue weighted by molar-refractivity contribution is 0.0995. The van der Waals surface area contributed by atoms with Crippen molar-refractivity contribution in [2.75, 3.05) is 0 Å². The molecular formula is C10H9BrO2. The first-order valence-corrected chi connectivity index (χ1v) is 4.80. The Kier molecular flexibility index (Phi) is 3.37. The molecular weight excluding hydrogens is 232 g/mol. The van der Waals surface area contributed by atoms with Crippen molar-refractivity contribution in [3.63, 3.8) is 0 Å². The van der Waals surface area contributed by atoms with E-state index in [0.29, 0.717) is 11.1 Å². The smallest absolute Gasteiger partial charge is 0.176 e. The number of aldehydes is 1. The molecule has 0 saturated carbocycles. The van der Waals surface area contributed by atoms with Gasteiger partial charge in [0.15, 0.2) is 5.78 Å². The molecule has 0 fully saturated rings. The number of rotatable bonds is 3. The second kappa shape index (κ2) is 4.33. The maximum Gasteiger partial charge on any atom is 0.176 e. The van der Waals surface area contributed by atoms with Gasteiger partial charge in [-0.2, -0.15) is 0 Å². The lowest BCUT2D eigenvalue weighted by Gasteiger charge is -2.01. The minimum atomic E-state index is -0.186. The summed E-state index contributed by atoms with van der Waals surface area (Å²) >= 11 is 3.19. The molecule has 0 bridgehead atoms. The first-order valence-electron chi connectivity index (χ1n) is 3.88. The summed E-state index contributed by atoms with van der Waals surface area (Å²) in [5.41, 5.74) is 1.20. The Morgan fingerprint density at radius 3 is 2.31 bits per heavy atom. The number of hydrogen-bond donors (Lipinski definition) is 0. The zero-order valence-electron chi connectivity index (χ0n) is 7.16. The van der Waals surface area contributed by atoms with Gasteiger partial charge in [-0.05, 0) is 6.92 Å². The van der Waals surface area contributed by atoms with Crippen LogP contribution < -0.4 is 0 Å². The third-order valence-electron chi connectivity index (χ3n) is 1.69. The Morgan fingerprint density at radius 1 is 1.38 bits per heavy atom. The Labute approximate surface area is 85.1 Å². The topological polar surface area (TPSA) is 34.1 Å². The Balaban J connectivity index is 2.92. The van der Waals surface area contributed by atoms with Crippen LogP contribution in [0.5, 0.6) is 0 Å². The van der Waals surface area contributed by atoms with Crippen molar-refractivity contribution in [2.45, 2.75) is 11.8 Å². The third-order valence-corrected chi connectivity index (χ3v) is 2.11. The molecule has 1 unspecified atom stereocenters. The van der Waals surface area contributed by atoms with Gasteiger partial charge in [-0.1, -0.05) is 40.2 Å². The SMILES string of the molecule is CC(Br)C(=O)c1ccc(C=O)cc1. The highest BCUT2D eigenvalue weighted by molar-refractivity contribution is 9.10. The number of carbonyl (C=O) groups excluding carboxylic acids is 2. The van der Waals surface area contributed by atoms with Gasteiger partial charge in [0, 0.05) is 11.1 Å². The van der Waals surface area contributed by atoms with E-state index in [-0.39, 0.29) is 10.6 Å². The standard InChI is InChI=1S/C10H9BrO2/c1-7(11)10(13)9-4-2-8(6-12)3-5-9/h2-7H,1H3. The molecule has 1 rings (SSSR count). The van der Waals surface area contributed by atoms with Gasteiger partial charge in [-0.3, -0.25) is 9.59 Å². The summed E-state index contributed by atoms with van der Waals surface area (Å²) in [4.78, 5) is 21.6. The molecule has 0 saturated heterocycles. The van der Waals surface area contributed by atoms with Crippen LogP contribution in [0.4, 0.5) is 0 Å². The molecule has 13 heavy (non-hydrogen) atoms. The van der Waals surface area contributed by atoms with E-state index in [0.717, 1.165) is 6.29 Å². The summed E-state index contributed by atoms with van der Waals surface area (Å²) in [5.74, 6) is 0.0254. The van der Waals surface area contributed by atoms with Crippen LogP contribution in [0.1, 0.15) is 27.6 Å². The van der Waals surface area contributed by atoms with Gasteiger partial charge in [-0.25, -0.2) is 0 Å². The third kappa shape index (κ3) is 2.49. The van der Waals surface area contributed by atoms with E-state index < -0.39 is 0 Å². The molecule has 1 aromatic rings. The molecule has 0 aromatic heterocycles. The second-order valence-corrected chi connectivity index (χ2v) is 4.09. The molecule has 0 radical (unpaired) electrons. The lowest BCUT2D eigenvalue weighted by Crippen LogP contribution is -2.09. The summed E-state index contributed by atoms with van der Waals surface area (Å²) in [6.45, 7) is 1.77. The first-order chi connectivity index (χ1) is 6.15. The normalized spacial score (nSPS) is 12.2. The molecule has 68 valence electrons. The van der Waals surface area contributed by atoms with Crippen LogP contribution in [0, 0.1) is 0 Å². The predicted molar refractivity (Wildman–Crippen MR) is 54.5 cm³/mol. The molecule has 0 amide bonds. The van der Waals surface area contributed by atoms with E-state index in [4.69, 9.17) is 0 Å². The summed E-state index contributed by atoms with van der Waals surface area (Å²) in [6.07, 6.45) is 0.756. The molecule has 0 aliphatic carbocycles. The van der Waals surface area contributed by atoms with Crippen molar-refractivity contribution in [1.29, 1.82) is 0 Å². The fourth-order valence-electron chi connectivity index (χ4n) is 0.956. The number of ketones is 1. The predicted octanol–water partition coefficient (Wildman–Crippen LogP) is 2.47. The number of hydrogen-bond acceptors (Lipinski definition) is 2. The first kappa shape index (κ1) is 10.1. The molecule has 0 spiro atoms. The molecule has 0 N–H and O–H groups in total. The minimum absolute atomic E-state index is 0.0254. The fourth-order valence-corrected chi connectivity index (χ4v) is 1.22. The maximum atomic E-state index is 11.4. The number of carbonyl (C=O) groups is 2. The molecule has 0 aliphatic rings. The summed E-state index contributed by atoms with van der Waals surface area (Å²) in [6, 6.07) is 6.58. The molecule has 1 atom stereocenters. The maximum absolute atomic E-state index is 11.4. The Morgan fingerprint density at radius 2 is 1.92 bits per heavy atom. The summed E-state index contributed by atoms with van der Waals surface area (Å²) in [5, 5.41) is 0. The van der Waals surface area contributed by atoms with Crippen LogP contribution in [0.3, 0.4) is 0 Å². The van der Waals surface area contributed by atoms with Crippen molar-refractivity contribution in [3.05, 3.63) is 35.4 Å². The van der Waals surface area contributed by atoms with E-state index in [9.17, 15) is 9.59 Å². The molecule has 1 aromatic carbocycles. The number of Topliss-reactive ketones (excluding diaryl/α,β-unsaturated/α-hetero) is 1. The quantitative estimate of drug-likeness (QED) is 0.462. The van der Waals surface area contributed by atoms with Crippen LogP contribution in [-0.2, 0) is 0 Å². The molecule has 0 aliphatic heterocycles. The molecule has 0 heterocycles. The van der Waals surface area contributed by atoms with Crippen molar-refractivity contribution in [2.24, 2.45) is 0 Å². The van der Waals surface area contributed by atoms with Gasteiger partial charge < -0.3 is 0 Å². The largest absolute Gasteiger partial charge is 0.298 e. The van der Waals surface area contributed by atoms with Crippen LogP contribution in [0.15, 0.2) is 24.3 Å². The van der Waals surface area contributed by atoms with Crippen LogP contribution in [0.25, 0.3) is 0 Å². The van der Waals surface area contributed by atoms with Crippen molar-refractivity contribution in [3.8, 4) is 0 Å². The van der Waals surface area contributed by atoms with E-state index in [2.05, 4.69) is 15.9 Å². The second-order valence-electron chi connectivity index (χ2n) is 2.72. The van der Waals surface area contributed by atoms with Gasteiger partial charge in [0.05, 0.1) is 4.83 Å². The number of halogens is 1. The van der Waals surface area contributed by atoms with Crippen molar-refractivity contribution in [1.82, 2.24) is 0 Å². The monoisotopic (exact) mass is 240 g/mol. The zero-order chi connectivity index (χ0) is 9.84. The van der Waals surface area contributed by atoms with E-state index in [1.807, 2.05) is 0 Å². The zero-order valence-corrected chi connectivity index (χ0v) is 8.74. The molecule has 3 heteroatoms. The van der Waals surface area contributed by atoms with Crippen LogP contribution in [0.2, 0.25) is 0 Å². The Hall–Kier alpha value is -0.960. The summed E-state index contributed by atoms with van der Waals surface area (Å²) in [7, 11) is 0.